The topological polar surface area (TPSA) is 53.1 Å². The Balaban J connectivity index is 3.06. The second kappa shape index (κ2) is 5.90. The van der Waals surface area contributed by atoms with Crippen LogP contribution in [0.4, 0.5) is 23.2 Å². The lowest BCUT2D eigenvalue weighted by atomic mass is 10.1. The van der Waals surface area contributed by atoms with E-state index in [2.05, 4.69) is 0 Å². The molecular weight excluding hydrogens is 262 g/mol. The van der Waals surface area contributed by atoms with Gasteiger partial charge < -0.3 is 10.6 Å². The first-order chi connectivity index (χ1) is 8.74. The van der Waals surface area contributed by atoms with Crippen molar-refractivity contribution < 1.29 is 17.6 Å². The molecule has 0 amide bonds. The van der Waals surface area contributed by atoms with Gasteiger partial charge in [0.25, 0.3) is 0 Å². The van der Waals surface area contributed by atoms with Gasteiger partial charge in [-0.15, -0.1) is 0 Å². The van der Waals surface area contributed by atoms with Gasteiger partial charge in [0.15, 0.2) is 0 Å². The summed E-state index contributed by atoms with van der Waals surface area (Å²) >= 11 is 0. The molecule has 3 N–H and O–H groups in total. The lowest BCUT2D eigenvalue weighted by Gasteiger charge is -2.26. The molecule has 19 heavy (non-hydrogen) atoms. The van der Waals surface area contributed by atoms with Crippen LogP contribution in [0.2, 0.25) is 0 Å². The Labute approximate surface area is 108 Å². The van der Waals surface area contributed by atoms with Gasteiger partial charge in [-0.2, -0.15) is 13.2 Å². The molecule has 7 heteroatoms. The van der Waals surface area contributed by atoms with Crippen LogP contribution in [0.1, 0.15) is 18.9 Å². The smallest absolute Gasteiger partial charge is 0.384 e. The summed E-state index contributed by atoms with van der Waals surface area (Å²) in [7, 11) is 0. The molecule has 106 valence electrons. The fourth-order valence-corrected chi connectivity index (χ4v) is 1.70. The zero-order valence-electron chi connectivity index (χ0n) is 10.4. The van der Waals surface area contributed by atoms with Crippen molar-refractivity contribution in [3.8, 4) is 0 Å². The van der Waals surface area contributed by atoms with Crippen molar-refractivity contribution in [1.82, 2.24) is 0 Å². The highest BCUT2D eigenvalue weighted by atomic mass is 19.4. The average molecular weight is 277 g/mol. The first kappa shape index (κ1) is 15.3. The van der Waals surface area contributed by atoms with Crippen LogP contribution in [0.15, 0.2) is 18.2 Å². The van der Waals surface area contributed by atoms with Crippen LogP contribution in [-0.4, -0.2) is 25.1 Å². The molecule has 1 aromatic rings. The predicted molar refractivity (Wildman–Crippen MR) is 66.0 cm³/mol. The number of anilines is 1. The lowest BCUT2D eigenvalue weighted by molar-refractivity contribution is -0.119. The summed E-state index contributed by atoms with van der Waals surface area (Å²) in [4.78, 5) is 0.930. The molecule has 0 atom stereocenters. The monoisotopic (exact) mass is 277 g/mol. The van der Waals surface area contributed by atoms with Crippen LogP contribution < -0.4 is 10.6 Å². The molecule has 3 nitrogen and oxygen atoms in total. The first-order valence-corrected chi connectivity index (χ1v) is 5.70. The highest BCUT2D eigenvalue weighted by Crippen LogP contribution is 2.25. The van der Waals surface area contributed by atoms with E-state index >= 15 is 0 Å². The Morgan fingerprint density at radius 1 is 1.37 bits per heavy atom. The molecule has 0 fully saturated rings. The van der Waals surface area contributed by atoms with E-state index in [4.69, 9.17) is 11.1 Å². The van der Waals surface area contributed by atoms with E-state index in [1.807, 2.05) is 0 Å². The maximum atomic E-state index is 13.8. The van der Waals surface area contributed by atoms with Crippen molar-refractivity contribution in [3.63, 3.8) is 0 Å². The average Bonchev–Trinajstić information content (AvgIpc) is 2.26. The van der Waals surface area contributed by atoms with Crippen molar-refractivity contribution in [3.05, 3.63) is 29.6 Å². The molecule has 0 radical (unpaired) electrons. The molecule has 0 bridgehead atoms. The number of alkyl halides is 3. The number of nitrogens with two attached hydrogens (primary N) is 1. The highest BCUT2D eigenvalue weighted by Gasteiger charge is 2.31. The van der Waals surface area contributed by atoms with E-state index in [0.29, 0.717) is 6.42 Å². The van der Waals surface area contributed by atoms with E-state index in [0.717, 1.165) is 11.0 Å². The Morgan fingerprint density at radius 2 is 2.00 bits per heavy atom. The largest absolute Gasteiger partial charge is 0.405 e. The Bertz CT molecular complexity index is 457. The summed E-state index contributed by atoms with van der Waals surface area (Å²) in [6.45, 7) is 0.595. The van der Waals surface area contributed by atoms with Gasteiger partial charge in [0.05, 0.1) is 5.69 Å². The van der Waals surface area contributed by atoms with Crippen LogP contribution in [0.25, 0.3) is 0 Å². The maximum absolute atomic E-state index is 13.8. The molecule has 0 heterocycles. The number of nitrogens with zero attached hydrogens (tertiary/aromatic N) is 1. The molecule has 1 rings (SSSR count). The summed E-state index contributed by atoms with van der Waals surface area (Å²) in [6, 6.07) is 3.52. The van der Waals surface area contributed by atoms with E-state index in [1.165, 1.54) is 12.1 Å². The van der Waals surface area contributed by atoms with Gasteiger partial charge in [-0.25, -0.2) is 4.39 Å². The van der Waals surface area contributed by atoms with Crippen molar-refractivity contribution >= 4 is 11.5 Å². The number of halogens is 4. The van der Waals surface area contributed by atoms with Crippen LogP contribution in [-0.2, 0) is 0 Å². The van der Waals surface area contributed by atoms with Gasteiger partial charge in [-0.3, -0.25) is 5.41 Å². The number of benzene rings is 1. The minimum absolute atomic E-state index is 0.0931. The van der Waals surface area contributed by atoms with Gasteiger partial charge in [-0.05, 0) is 24.6 Å². The maximum Gasteiger partial charge on any atom is 0.405 e. The predicted octanol–water partition coefficient (Wildman–Crippen LogP) is 2.89. The zero-order valence-corrected chi connectivity index (χ0v) is 10.4. The highest BCUT2D eigenvalue weighted by molar-refractivity contribution is 5.95. The summed E-state index contributed by atoms with van der Waals surface area (Å²) < 4.78 is 51.1. The van der Waals surface area contributed by atoms with Gasteiger partial charge in [-0.1, -0.05) is 6.92 Å². The summed E-state index contributed by atoms with van der Waals surface area (Å²) in [6.07, 6.45) is -3.94. The van der Waals surface area contributed by atoms with E-state index in [-0.39, 0.29) is 23.6 Å². The second-order valence-electron chi connectivity index (χ2n) is 4.12. The molecule has 0 aliphatic rings. The first-order valence-electron chi connectivity index (χ1n) is 5.70. The molecule has 0 saturated carbocycles. The molecule has 0 aliphatic carbocycles. The third kappa shape index (κ3) is 4.42. The summed E-state index contributed by atoms with van der Waals surface area (Å²) in [5, 5.41) is 7.15. The van der Waals surface area contributed by atoms with E-state index in [1.54, 1.807) is 6.92 Å². The third-order valence-corrected chi connectivity index (χ3v) is 2.46. The van der Waals surface area contributed by atoms with Crippen LogP contribution >= 0.6 is 0 Å². The molecule has 0 saturated heterocycles. The SMILES string of the molecule is CCCN(CC(F)(F)F)c1ccc(C(=N)N)cc1F. The Kier molecular flexibility index (Phi) is 4.74. The lowest BCUT2D eigenvalue weighted by Crippen LogP contribution is -2.35. The molecule has 1 aromatic carbocycles. The number of hydrogen-bond donors (Lipinski definition) is 2. The second-order valence-corrected chi connectivity index (χ2v) is 4.12. The minimum Gasteiger partial charge on any atom is -0.384 e. The molecule has 0 aromatic heterocycles. The van der Waals surface area contributed by atoms with Crippen LogP contribution in [0.3, 0.4) is 0 Å². The van der Waals surface area contributed by atoms with Crippen molar-refractivity contribution in [2.75, 3.05) is 18.0 Å². The minimum atomic E-state index is -4.40. The number of hydrogen-bond acceptors (Lipinski definition) is 2. The summed E-state index contributed by atoms with van der Waals surface area (Å²) in [5.74, 6) is -1.14. The third-order valence-electron chi connectivity index (χ3n) is 2.46. The number of nitrogens with one attached hydrogen (secondary N) is 1. The zero-order chi connectivity index (χ0) is 14.6. The van der Waals surface area contributed by atoms with Crippen molar-refractivity contribution in [2.24, 2.45) is 5.73 Å². The number of nitrogen functional groups attached to an aromatic ring is 1. The van der Waals surface area contributed by atoms with Gasteiger partial charge >= 0.3 is 6.18 Å². The van der Waals surface area contributed by atoms with Gasteiger partial charge in [0, 0.05) is 12.1 Å². The van der Waals surface area contributed by atoms with E-state index < -0.39 is 18.5 Å². The number of amidine groups is 1. The fourth-order valence-electron chi connectivity index (χ4n) is 1.70. The van der Waals surface area contributed by atoms with Crippen molar-refractivity contribution in [1.29, 1.82) is 5.41 Å². The Morgan fingerprint density at radius 3 is 2.42 bits per heavy atom. The Hall–Kier alpha value is -1.79. The normalized spacial score (nSPS) is 11.4. The molecule has 0 aliphatic heterocycles. The standard InChI is InChI=1S/C12H15F4N3/c1-2-5-19(7-12(14,15)16)10-4-3-8(11(17)18)6-9(10)13/h3-4,6H,2,5,7H2,1H3,(H3,17,18). The van der Waals surface area contributed by atoms with Crippen LogP contribution in [0.5, 0.6) is 0 Å². The van der Waals surface area contributed by atoms with Crippen LogP contribution in [0, 0.1) is 11.2 Å². The van der Waals surface area contributed by atoms with Gasteiger partial charge in [0.2, 0.25) is 0 Å². The molecule has 0 spiro atoms. The molecule has 0 unspecified atom stereocenters. The van der Waals surface area contributed by atoms with Gasteiger partial charge in [0.1, 0.15) is 18.2 Å². The fraction of sp³-hybridized carbons (Fsp3) is 0.417. The summed E-state index contributed by atoms with van der Waals surface area (Å²) in [5.41, 5.74) is 5.20. The van der Waals surface area contributed by atoms with E-state index in [9.17, 15) is 17.6 Å². The quantitative estimate of drug-likeness (QED) is 0.494. The van der Waals surface area contributed by atoms with Crippen molar-refractivity contribution in [2.45, 2.75) is 19.5 Å². The molecular formula is C12H15F4N3. The number of rotatable bonds is 5.